The average Bonchev–Trinajstić information content (AvgIpc) is 2.48. The van der Waals surface area contributed by atoms with E-state index in [1.807, 2.05) is 23.9 Å². The van der Waals surface area contributed by atoms with Gasteiger partial charge in [0.05, 0.1) is 0 Å². The Labute approximate surface area is 123 Å². The Morgan fingerprint density at radius 2 is 1.90 bits per heavy atom. The van der Waals surface area contributed by atoms with Gasteiger partial charge in [-0.1, -0.05) is 30.3 Å². The van der Waals surface area contributed by atoms with Gasteiger partial charge in [-0.05, 0) is 48.4 Å². The maximum Gasteiger partial charge on any atom is 0.123 e. The van der Waals surface area contributed by atoms with Crippen LogP contribution < -0.4 is 5.32 Å². The molecule has 0 amide bonds. The summed E-state index contributed by atoms with van der Waals surface area (Å²) >= 11 is 1.93. The minimum absolute atomic E-state index is 0.180. The highest BCUT2D eigenvalue weighted by Gasteiger charge is 2.21. The number of hydrogen-bond donors (Lipinski definition) is 1. The molecule has 2 aromatic rings. The zero-order valence-electron chi connectivity index (χ0n) is 11.5. The number of nitrogens with one attached hydrogen (secondary N) is 1. The van der Waals surface area contributed by atoms with E-state index in [-0.39, 0.29) is 11.9 Å². The maximum atomic E-state index is 13.0. The first-order valence-electron chi connectivity index (χ1n) is 6.97. The summed E-state index contributed by atoms with van der Waals surface area (Å²) in [7, 11) is 0. The summed E-state index contributed by atoms with van der Waals surface area (Å²) in [6.07, 6.45) is 1.13. The SMILES string of the molecule is CC(NC1CCSc2ccccc21)c1ccc(F)cc1. The van der Waals surface area contributed by atoms with E-state index in [1.54, 1.807) is 0 Å². The van der Waals surface area contributed by atoms with E-state index in [0.29, 0.717) is 6.04 Å². The Bertz CT molecular complexity index is 582. The quantitative estimate of drug-likeness (QED) is 0.877. The fraction of sp³-hybridized carbons (Fsp3) is 0.294. The molecule has 3 heteroatoms. The molecular weight excluding hydrogens is 269 g/mol. The van der Waals surface area contributed by atoms with Gasteiger partial charge in [-0.2, -0.15) is 0 Å². The standard InChI is InChI=1S/C17H18FNS/c1-12(13-6-8-14(18)9-7-13)19-16-10-11-20-17-5-3-2-4-15(16)17/h2-9,12,16,19H,10-11H2,1H3. The summed E-state index contributed by atoms with van der Waals surface area (Å²) in [5, 5.41) is 3.67. The Morgan fingerprint density at radius 1 is 1.15 bits per heavy atom. The first kappa shape index (κ1) is 13.7. The predicted molar refractivity (Wildman–Crippen MR) is 82.5 cm³/mol. The van der Waals surface area contributed by atoms with Crippen LogP contribution in [-0.4, -0.2) is 5.75 Å². The minimum Gasteiger partial charge on any atom is -0.303 e. The van der Waals surface area contributed by atoms with Gasteiger partial charge in [0.1, 0.15) is 5.82 Å². The Hall–Kier alpha value is -1.32. The maximum absolute atomic E-state index is 13.0. The summed E-state index contributed by atoms with van der Waals surface area (Å²) in [4.78, 5) is 1.38. The second kappa shape index (κ2) is 5.98. The Balaban J connectivity index is 1.77. The molecule has 0 fully saturated rings. The molecule has 2 atom stereocenters. The topological polar surface area (TPSA) is 12.0 Å². The highest BCUT2D eigenvalue weighted by atomic mass is 32.2. The molecule has 0 spiro atoms. The average molecular weight is 287 g/mol. The van der Waals surface area contributed by atoms with Crippen molar-refractivity contribution in [1.82, 2.24) is 5.32 Å². The van der Waals surface area contributed by atoms with Crippen molar-refractivity contribution in [2.75, 3.05) is 5.75 Å². The fourth-order valence-corrected chi connectivity index (χ4v) is 3.79. The summed E-state index contributed by atoms with van der Waals surface area (Å²) in [5.41, 5.74) is 2.51. The zero-order chi connectivity index (χ0) is 13.9. The van der Waals surface area contributed by atoms with Crippen LogP contribution in [0.15, 0.2) is 53.4 Å². The molecule has 0 aliphatic carbocycles. The summed E-state index contributed by atoms with van der Waals surface area (Å²) in [5.74, 6) is 0.963. The molecule has 1 N–H and O–H groups in total. The molecule has 104 valence electrons. The van der Waals surface area contributed by atoms with Gasteiger partial charge in [0.15, 0.2) is 0 Å². The lowest BCUT2D eigenvalue weighted by Gasteiger charge is -2.29. The van der Waals surface area contributed by atoms with E-state index in [9.17, 15) is 4.39 Å². The lowest BCUT2D eigenvalue weighted by Crippen LogP contribution is -2.27. The molecule has 3 rings (SSSR count). The molecule has 0 aromatic heterocycles. The molecule has 2 aromatic carbocycles. The molecule has 20 heavy (non-hydrogen) atoms. The van der Waals surface area contributed by atoms with E-state index in [2.05, 4.69) is 36.5 Å². The van der Waals surface area contributed by atoms with Gasteiger partial charge in [0.25, 0.3) is 0 Å². The van der Waals surface area contributed by atoms with Crippen LogP contribution in [0, 0.1) is 5.82 Å². The van der Waals surface area contributed by atoms with Crippen LogP contribution in [0.4, 0.5) is 4.39 Å². The van der Waals surface area contributed by atoms with Crippen LogP contribution >= 0.6 is 11.8 Å². The third-order valence-electron chi connectivity index (χ3n) is 3.78. The van der Waals surface area contributed by atoms with Crippen LogP contribution in [-0.2, 0) is 0 Å². The van der Waals surface area contributed by atoms with Crippen molar-refractivity contribution >= 4 is 11.8 Å². The van der Waals surface area contributed by atoms with Crippen molar-refractivity contribution in [2.24, 2.45) is 0 Å². The van der Waals surface area contributed by atoms with Gasteiger partial charge < -0.3 is 5.32 Å². The highest BCUT2D eigenvalue weighted by Crippen LogP contribution is 2.36. The van der Waals surface area contributed by atoms with Gasteiger partial charge in [0, 0.05) is 17.0 Å². The molecule has 0 bridgehead atoms. The van der Waals surface area contributed by atoms with Gasteiger partial charge in [-0.3, -0.25) is 0 Å². The number of benzene rings is 2. The van der Waals surface area contributed by atoms with E-state index >= 15 is 0 Å². The number of halogens is 1. The number of rotatable bonds is 3. The molecule has 0 saturated carbocycles. The van der Waals surface area contributed by atoms with E-state index < -0.39 is 0 Å². The van der Waals surface area contributed by atoms with Crippen LogP contribution in [0.3, 0.4) is 0 Å². The van der Waals surface area contributed by atoms with E-state index in [4.69, 9.17) is 0 Å². The summed E-state index contributed by atoms with van der Waals surface area (Å²) in [6.45, 7) is 2.14. The lowest BCUT2D eigenvalue weighted by molar-refractivity contribution is 0.449. The molecular formula is C17H18FNS. The normalized spacial score (nSPS) is 19.4. The Kier molecular flexibility index (Phi) is 4.08. The minimum atomic E-state index is -0.180. The largest absolute Gasteiger partial charge is 0.303 e. The van der Waals surface area contributed by atoms with Crippen molar-refractivity contribution in [1.29, 1.82) is 0 Å². The molecule has 0 saturated heterocycles. The molecule has 1 aliphatic rings. The first-order valence-corrected chi connectivity index (χ1v) is 7.96. The van der Waals surface area contributed by atoms with Gasteiger partial charge >= 0.3 is 0 Å². The number of hydrogen-bond acceptors (Lipinski definition) is 2. The monoisotopic (exact) mass is 287 g/mol. The Morgan fingerprint density at radius 3 is 2.70 bits per heavy atom. The van der Waals surface area contributed by atoms with E-state index in [0.717, 1.165) is 17.7 Å². The van der Waals surface area contributed by atoms with Crippen LogP contribution in [0.5, 0.6) is 0 Å². The van der Waals surface area contributed by atoms with Crippen LogP contribution in [0.2, 0.25) is 0 Å². The van der Waals surface area contributed by atoms with Gasteiger partial charge in [0.2, 0.25) is 0 Å². The number of fused-ring (bicyclic) bond motifs is 1. The van der Waals surface area contributed by atoms with Crippen molar-refractivity contribution in [3.8, 4) is 0 Å². The van der Waals surface area contributed by atoms with Crippen LogP contribution in [0.25, 0.3) is 0 Å². The number of thioether (sulfide) groups is 1. The highest BCUT2D eigenvalue weighted by molar-refractivity contribution is 7.99. The molecule has 1 aliphatic heterocycles. The lowest BCUT2D eigenvalue weighted by atomic mass is 10.0. The summed E-state index contributed by atoms with van der Waals surface area (Å²) < 4.78 is 13.0. The first-order chi connectivity index (χ1) is 9.74. The smallest absolute Gasteiger partial charge is 0.123 e. The molecule has 1 nitrogen and oxygen atoms in total. The van der Waals surface area contributed by atoms with Gasteiger partial charge in [-0.15, -0.1) is 11.8 Å². The fourth-order valence-electron chi connectivity index (χ4n) is 2.66. The van der Waals surface area contributed by atoms with E-state index in [1.165, 1.54) is 22.6 Å². The second-order valence-electron chi connectivity index (χ2n) is 5.17. The second-order valence-corrected chi connectivity index (χ2v) is 6.30. The van der Waals surface area contributed by atoms with Crippen LogP contribution in [0.1, 0.15) is 36.6 Å². The van der Waals surface area contributed by atoms with Crippen molar-refractivity contribution in [2.45, 2.75) is 30.3 Å². The van der Waals surface area contributed by atoms with Crippen molar-refractivity contribution < 1.29 is 4.39 Å². The molecule has 0 radical (unpaired) electrons. The van der Waals surface area contributed by atoms with Crippen molar-refractivity contribution in [3.05, 3.63) is 65.5 Å². The molecule has 1 heterocycles. The third kappa shape index (κ3) is 2.89. The predicted octanol–water partition coefficient (Wildman–Crippen LogP) is 4.71. The summed E-state index contributed by atoms with van der Waals surface area (Å²) in [6, 6.07) is 16.0. The van der Waals surface area contributed by atoms with Crippen molar-refractivity contribution in [3.63, 3.8) is 0 Å². The molecule has 2 unspecified atom stereocenters. The van der Waals surface area contributed by atoms with Gasteiger partial charge in [-0.25, -0.2) is 4.39 Å². The zero-order valence-corrected chi connectivity index (χ0v) is 12.3. The third-order valence-corrected chi connectivity index (χ3v) is 4.90.